The van der Waals surface area contributed by atoms with Crippen molar-refractivity contribution >= 4 is 0 Å². The smallest absolute Gasteiger partial charge is 0.0812 e. The third kappa shape index (κ3) is 2.48. The predicted molar refractivity (Wildman–Crippen MR) is 77.4 cm³/mol. The van der Waals surface area contributed by atoms with Crippen molar-refractivity contribution < 1.29 is 5.11 Å². The fourth-order valence-corrected chi connectivity index (χ4v) is 3.01. The van der Waals surface area contributed by atoms with E-state index < -0.39 is 0 Å². The van der Waals surface area contributed by atoms with Gasteiger partial charge in [0, 0.05) is 23.7 Å². The highest BCUT2D eigenvalue weighted by Gasteiger charge is 2.33. The SMILES string of the molecule is Cc1cnc(Cn2ccc3c2CC(C)(C)CC3O)cn1. The minimum atomic E-state index is -0.348. The van der Waals surface area contributed by atoms with Crippen molar-refractivity contribution in [2.24, 2.45) is 5.41 Å². The summed E-state index contributed by atoms with van der Waals surface area (Å²) in [5.74, 6) is 0. The van der Waals surface area contributed by atoms with E-state index in [2.05, 4.69) is 34.6 Å². The summed E-state index contributed by atoms with van der Waals surface area (Å²) < 4.78 is 2.19. The molecule has 2 aromatic rings. The van der Waals surface area contributed by atoms with Crippen molar-refractivity contribution in [3.63, 3.8) is 0 Å². The van der Waals surface area contributed by atoms with Gasteiger partial charge in [0.15, 0.2) is 0 Å². The maximum atomic E-state index is 10.3. The van der Waals surface area contributed by atoms with Gasteiger partial charge in [0.1, 0.15) is 0 Å². The Bertz CT molecular complexity index is 613. The number of aryl methyl sites for hydroxylation is 1. The maximum Gasteiger partial charge on any atom is 0.0812 e. The minimum Gasteiger partial charge on any atom is -0.388 e. The van der Waals surface area contributed by atoms with Crippen molar-refractivity contribution in [3.8, 4) is 0 Å². The van der Waals surface area contributed by atoms with E-state index in [9.17, 15) is 5.11 Å². The van der Waals surface area contributed by atoms with Crippen LogP contribution in [0.3, 0.4) is 0 Å². The average molecular weight is 271 g/mol. The monoisotopic (exact) mass is 271 g/mol. The summed E-state index contributed by atoms with van der Waals surface area (Å²) >= 11 is 0. The molecular weight excluding hydrogens is 250 g/mol. The van der Waals surface area contributed by atoms with Gasteiger partial charge in [0.05, 0.1) is 30.2 Å². The molecule has 0 radical (unpaired) electrons. The van der Waals surface area contributed by atoms with Crippen molar-refractivity contribution in [1.82, 2.24) is 14.5 Å². The van der Waals surface area contributed by atoms with E-state index in [1.807, 2.05) is 19.2 Å². The molecule has 1 aliphatic carbocycles. The number of nitrogens with zero attached hydrogens (tertiary/aromatic N) is 3. The fraction of sp³-hybridized carbons (Fsp3) is 0.500. The molecule has 20 heavy (non-hydrogen) atoms. The second-order valence-electron chi connectivity index (χ2n) is 6.56. The van der Waals surface area contributed by atoms with Gasteiger partial charge < -0.3 is 9.67 Å². The zero-order chi connectivity index (χ0) is 14.3. The van der Waals surface area contributed by atoms with Gasteiger partial charge in [-0.2, -0.15) is 0 Å². The van der Waals surface area contributed by atoms with E-state index >= 15 is 0 Å². The van der Waals surface area contributed by atoms with E-state index in [4.69, 9.17) is 0 Å². The molecule has 4 heteroatoms. The van der Waals surface area contributed by atoms with Crippen LogP contribution in [0.4, 0.5) is 0 Å². The standard InChI is InChI=1S/C16H21N3O/c1-11-8-18-12(9-17-11)10-19-5-4-13-14(19)6-16(2,3)7-15(13)20/h4-5,8-9,15,20H,6-7,10H2,1-3H3. The molecule has 1 unspecified atom stereocenters. The van der Waals surface area contributed by atoms with Gasteiger partial charge in [-0.3, -0.25) is 9.97 Å². The Labute approximate surface area is 119 Å². The first-order valence-electron chi connectivity index (χ1n) is 7.08. The van der Waals surface area contributed by atoms with Crippen LogP contribution in [0.1, 0.15) is 49.0 Å². The van der Waals surface area contributed by atoms with Gasteiger partial charge >= 0.3 is 0 Å². The molecule has 2 aromatic heterocycles. The van der Waals surface area contributed by atoms with Crippen molar-refractivity contribution in [2.45, 2.75) is 46.3 Å². The minimum absolute atomic E-state index is 0.140. The number of fused-ring (bicyclic) bond motifs is 1. The van der Waals surface area contributed by atoms with Gasteiger partial charge in [-0.15, -0.1) is 0 Å². The number of hydrogen-bond acceptors (Lipinski definition) is 3. The van der Waals surface area contributed by atoms with Gasteiger partial charge in [-0.1, -0.05) is 13.8 Å². The van der Waals surface area contributed by atoms with Crippen LogP contribution in [0.15, 0.2) is 24.7 Å². The lowest BCUT2D eigenvalue weighted by Gasteiger charge is -2.33. The Hall–Kier alpha value is -1.68. The first-order valence-corrected chi connectivity index (χ1v) is 7.08. The molecule has 3 rings (SSSR count). The molecule has 0 fully saturated rings. The lowest BCUT2D eigenvalue weighted by molar-refractivity contribution is 0.0981. The summed E-state index contributed by atoms with van der Waals surface area (Å²) in [5.41, 5.74) is 4.33. The fourth-order valence-electron chi connectivity index (χ4n) is 3.01. The highest BCUT2D eigenvalue weighted by Crippen LogP contribution is 2.41. The van der Waals surface area contributed by atoms with Gasteiger partial charge in [-0.05, 0) is 31.2 Å². The number of aromatic nitrogens is 3. The maximum absolute atomic E-state index is 10.3. The first kappa shape index (κ1) is 13.3. The number of rotatable bonds is 2. The second-order valence-corrected chi connectivity index (χ2v) is 6.56. The zero-order valence-corrected chi connectivity index (χ0v) is 12.3. The van der Waals surface area contributed by atoms with Crippen LogP contribution in [-0.4, -0.2) is 19.6 Å². The van der Waals surface area contributed by atoms with Crippen molar-refractivity contribution in [1.29, 1.82) is 0 Å². The molecule has 0 amide bonds. The lowest BCUT2D eigenvalue weighted by Crippen LogP contribution is -2.27. The van der Waals surface area contributed by atoms with Gasteiger partial charge in [0.2, 0.25) is 0 Å². The summed E-state index contributed by atoms with van der Waals surface area (Å²) in [6, 6.07) is 2.04. The molecule has 0 aliphatic heterocycles. The van der Waals surface area contributed by atoms with Gasteiger partial charge in [-0.25, -0.2) is 0 Å². The largest absolute Gasteiger partial charge is 0.388 e. The lowest BCUT2D eigenvalue weighted by atomic mass is 9.75. The van der Waals surface area contributed by atoms with E-state index in [1.54, 1.807) is 6.20 Å². The van der Waals surface area contributed by atoms with E-state index in [0.29, 0.717) is 6.54 Å². The Morgan fingerprint density at radius 3 is 2.85 bits per heavy atom. The van der Waals surface area contributed by atoms with E-state index in [-0.39, 0.29) is 11.5 Å². The molecule has 106 valence electrons. The molecular formula is C16H21N3O. The summed E-state index contributed by atoms with van der Waals surface area (Å²) in [6.07, 6.45) is 7.15. The van der Waals surface area contributed by atoms with Crippen LogP contribution in [-0.2, 0) is 13.0 Å². The van der Waals surface area contributed by atoms with Crippen LogP contribution in [0.2, 0.25) is 0 Å². The third-order valence-electron chi connectivity index (χ3n) is 4.03. The molecule has 1 N–H and O–H groups in total. The molecule has 1 atom stereocenters. The summed E-state index contributed by atoms with van der Waals surface area (Å²) in [4.78, 5) is 8.70. The summed E-state index contributed by atoms with van der Waals surface area (Å²) in [6.45, 7) is 7.07. The molecule has 0 aromatic carbocycles. The molecule has 2 heterocycles. The van der Waals surface area contributed by atoms with Crippen LogP contribution in [0, 0.1) is 12.3 Å². The van der Waals surface area contributed by atoms with Crippen molar-refractivity contribution in [2.75, 3.05) is 0 Å². The Kier molecular flexibility index (Phi) is 3.13. The van der Waals surface area contributed by atoms with Gasteiger partial charge in [0.25, 0.3) is 0 Å². The number of hydrogen-bond donors (Lipinski definition) is 1. The van der Waals surface area contributed by atoms with E-state index in [0.717, 1.165) is 29.8 Å². The molecule has 0 spiro atoms. The molecule has 0 bridgehead atoms. The number of aliphatic hydroxyl groups is 1. The quantitative estimate of drug-likeness (QED) is 0.913. The third-order valence-corrected chi connectivity index (χ3v) is 4.03. The Balaban J connectivity index is 1.91. The van der Waals surface area contributed by atoms with Crippen LogP contribution in [0.5, 0.6) is 0 Å². The highest BCUT2D eigenvalue weighted by atomic mass is 16.3. The second kappa shape index (κ2) is 4.70. The van der Waals surface area contributed by atoms with Crippen LogP contribution < -0.4 is 0 Å². The molecule has 1 aliphatic rings. The molecule has 0 saturated carbocycles. The first-order chi connectivity index (χ1) is 9.44. The topological polar surface area (TPSA) is 50.9 Å². The molecule has 0 saturated heterocycles. The number of aliphatic hydroxyl groups excluding tert-OH is 1. The zero-order valence-electron chi connectivity index (χ0n) is 12.3. The predicted octanol–water partition coefficient (Wildman–Crippen LogP) is 2.64. The highest BCUT2D eigenvalue weighted by molar-refractivity contribution is 5.29. The Morgan fingerprint density at radius 2 is 2.15 bits per heavy atom. The summed E-state index contributed by atoms with van der Waals surface area (Å²) in [5, 5.41) is 10.3. The normalized spacial score (nSPS) is 20.7. The van der Waals surface area contributed by atoms with Crippen LogP contribution in [0.25, 0.3) is 0 Å². The van der Waals surface area contributed by atoms with E-state index in [1.165, 1.54) is 5.69 Å². The molecule has 4 nitrogen and oxygen atoms in total. The Morgan fingerprint density at radius 1 is 1.35 bits per heavy atom. The van der Waals surface area contributed by atoms with Crippen molar-refractivity contribution in [3.05, 3.63) is 47.3 Å². The van der Waals surface area contributed by atoms with Crippen LogP contribution >= 0.6 is 0 Å². The summed E-state index contributed by atoms with van der Waals surface area (Å²) in [7, 11) is 0. The average Bonchev–Trinajstić information content (AvgIpc) is 2.74.